The molecule has 0 radical (unpaired) electrons. The lowest BCUT2D eigenvalue weighted by atomic mass is 9.86. The second-order valence-electron chi connectivity index (χ2n) is 6.62. The first kappa shape index (κ1) is 16.9. The van der Waals surface area contributed by atoms with Crippen molar-refractivity contribution in [2.75, 3.05) is 44.2 Å². The lowest BCUT2D eigenvalue weighted by Crippen LogP contribution is -2.48. The van der Waals surface area contributed by atoms with E-state index in [1.807, 2.05) is 0 Å². The molecule has 19 heavy (non-hydrogen) atoms. The molecule has 4 nitrogen and oxygen atoms in total. The summed E-state index contributed by atoms with van der Waals surface area (Å²) < 4.78 is 22.9. The molecule has 5 heteroatoms. The van der Waals surface area contributed by atoms with Gasteiger partial charge in [-0.25, -0.2) is 8.42 Å². The predicted molar refractivity (Wildman–Crippen MR) is 81.2 cm³/mol. The van der Waals surface area contributed by atoms with Crippen LogP contribution in [-0.2, 0) is 9.84 Å². The Labute approximate surface area is 118 Å². The number of rotatable bonds is 7. The maximum atomic E-state index is 11.4. The first-order valence-electron chi connectivity index (χ1n) is 7.40. The maximum Gasteiger partial charge on any atom is 0.152 e. The molecule has 1 fully saturated rings. The molecule has 0 amide bonds. The Morgan fingerprint density at radius 1 is 1.26 bits per heavy atom. The zero-order valence-electron chi connectivity index (χ0n) is 12.9. The number of hydrogen-bond acceptors (Lipinski definition) is 4. The van der Waals surface area contributed by atoms with Crippen molar-refractivity contribution in [1.29, 1.82) is 0 Å². The molecule has 1 N–H and O–H groups in total. The number of sulfone groups is 1. The molecule has 1 heterocycles. The second-order valence-corrected chi connectivity index (χ2v) is 8.92. The Morgan fingerprint density at radius 3 is 2.32 bits per heavy atom. The van der Waals surface area contributed by atoms with Gasteiger partial charge in [-0.05, 0) is 24.3 Å². The molecule has 114 valence electrons. The van der Waals surface area contributed by atoms with Crippen LogP contribution in [0.4, 0.5) is 0 Å². The smallest absolute Gasteiger partial charge is 0.152 e. The number of hydrogen-bond donors (Lipinski definition) is 1. The predicted octanol–water partition coefficient (Wildman–Crippen LogP) is 1.38. The summed E-state index contributed by atoms with van der Waals surface area (Å²) in [5.74, 6) is 1.32. The average molecular weight is 290 g/mol. The normalized spacial score (nSPS) is 23.4. The van der Waals surface area contributed by atoms with Gasteiger partial charge in [-0.15, -0.1) is 0 Å². The molecule has 0 aromatic heterocycles. The highest BCUT2D eigenvalue weighted by atomic mass is 32.2. The molecule has 0 aromatic rings. The topological polar surface area (TPSA) is 49.4 Å². The molecule has 1 aliphatic heterocycles. The van der Waals surface area contributed by atoms with E-state index < -0.39 is 9.84 Å². The van der Waals surface area contributed by atoms with E-state index in [-0.39, 0.29) is 5.41 Å². The van der Waals surface area contributed by atoms with Gasteiger partial charge in [-0.2, -0.15) is 0 Å². The van der Waals surface area contributed by atoms with Crippen LogP contribution in [0.1, 0.15) is 34.1 Å². The highest BCUT2D eigenvalue weighted by molar-refractivity contribution is 7.91. The summed E-state index contributed by atoms with van der Waals surface area (Å²) in [5.41, 5.74) is 0.232. The van der Waals surface area contributed by atoms with E-state index in [1.54, 1.807) is 0 Å². The Kier molecular flexibility index (Phi) is 6.27. The van der Waals surface area contributed by atoms with Crippen molar-refractivity contribution in [2.45, 2.75) is 34.1 Å². The molecular weight excluding hydrogens is 260 g/mol. The first-order valence-corrected chi connectivity index (χ1v) is 9.22. The Morgan fingerprint density at radius 2 is 1.84 bits per heavy atom. The standard InChI is InChI=1S/C14H30N2O2S/c1-5-14(4,11-15-10-13(2)3)12-16-6-8-19(17,18)9-7-16/h13,15H,5-12H2,1-4H3. The molecule has 0 aromatic carbocycles. The van der Waals surface area contributed by atoms with Crippen LogP contribution in [0.2, 0.25) is 0 Å². The lowest BCUT2D eigenvalue weighted by Gasteiger charge is -2.37. The fraction of sp³-hybridized carbons (Fsp3) is 1.00. The summed E-state index contributed by atoms with van der Waals surface area (Å²) in [6.07, 6.45) is 1.11. The van der Waals surface area contributed by atoms with Crippen molar-refractivity contribution < 1.29 is 8.42 Å². The molecule has 1 rings (SSSR count). The maximum absolute atomic E-state index is 11.4. The summed E-state index contributed by atoms with van der Waals surface area (Å²) in [6, 6.07) is 0. The van der Waals surface area contributed by atoms with Gasteiger partial charge in [0.2, 0.25) is 0 Å². The summed E-state index contributed by atoms with van der Waals surface area (Å²) in [5, 5.41) is 3.54. The fourth-order valence-electron chi connectivity index (χ4n) is 2.40. The van der Waals surface area contributed by atoms with Crippen LogP contribution in [-0.4, -0.2) is 57.5 Å². The number of nitrogens with one attached hydrogen (secondary N) is 1. The van der Waals surface area contributed by atoms with Crippen LogP contribution < -0.4 is 5.32 Å². The van der Waals surface area contributed by atoms with Crippen molar-refractivity contribution in [3.05, 3.63) is 0 Å². The van der Waals surface area contributed by atoms with E-state index in [2.05, 4.69) is 37.9 Å². The minimum atomic E-state index is -2.76. The molecule has 0 saturated carbocycles. The van der Waals surface area contributed by atoms with Crippen LogP contribution in [0.15, 0.2) is 0 Å². The van der Waals surface area contributed by atoms with Crippen molar-refractivity contribution in [3.63, 3.8) is 0 Å². The van der Waals surface area contributed by atoms with Crippen molar-refractivity contribution in [1.82, 2.24) is 10.2 Å². The molecule has 0 spiro atoms. The summed E-state index contributed by atoms with van der Waals surface area (Å²) >= 11 is 0. The molecule has 0 aliphatic carbocycles. The third kappa shape index (κ3) is 6.23. The summed E-state index contributed by atoms with van der Waals surface area (Å²) in [7, 11) is -2.76. The van der Waals surface area contributed by atoms with Gasteiger partial charge in [-0.1, -0.05) is 27.7 Å². The third-order valence-electron chi connectivity index (χ3n) is 4.00. The van der Waals surface area contributed by atoms with Crippen molar-refractivity contribution >= 4 is 9.84 Å². The van der Waals surface area contributed by atoms with E-state index in [0.29, 0.717) is 30.5 Å². The molecule has 1 unspecified atom stereocenters. The Hall–Kier alpha value is -0.130. The van der Waals surface area contributed by atoms with E-state index in [0.717, 1.165) is 26.1 Å². The molecule has 1 saturated heterocycles. The first-order chi connectivity index (χ1) is 8.76. The summed E-state index contributed by atoms with van der Waals surface area (Å²) in [6.45, 7) is 13.4. The third-order valence-corrected chi connectivity index (χ3v) is 5.61. The molecule has 1 aliphatic rings. The van der Waals surface area contributed by atoms with Gasteiger partial charge in [0.05, 0.1) is 11.5 Å². The monoisotopic (exact) mass is 290 g/mol. The van der Waals surface area contributed by atoms with Gasteiger partial charge >= 0.3 is 0 Å². The quantitative estimate of drug-likeness (QED) is 0.769. The van der Waals surface area contributed by atoms with Gasteiger partial charge in [-0.3, -0.25) is 0 Å². The van der Waals surface area contributed by atoms with Gasteiger partial charge in [0.15, 0.2) is 9.84 Å². The second kappa shape index (κ2) is 7.04. The van der Waals surface area contributed by atoms with Crippen LogP contribution in [0, 0.1) is 11.3 Å². The average Bonchev–Trinajstić information content (AvgIpc) is 2.32. The molecular formula is C14H30N2O2S. The highest BCUT2D eigenvalue weighted by Crippen LogP contribution is 2.22. The van der Waals surface area contributed by atoms with Crippen LogP contribution in [0.3, 0.4) is 0 Å². The van der Waals surface area contributed by atoms with Gasteiger partial charge in [0, 0.05) is 26.2 Å². The van der Waals surface area contributed by atoms with E-state index >= 15 is 0 Å². The molecule has 1 atom stereocenters. The van der Waals surface area contributed by atoms with Gasteiger partial charge in [0.25, 0.3) is 0 Å². The van der Waals surface area contributed by atoms with E-state index in [9.17, 15) is 8.42 Å². The Balaban J connectivity index is 2.42. The van der Waals surface area contributed by atoms with Crippen LogP contribution >= 0.6 is 0 Å². The van der Waals surface area contributed by atoms with Gasteiger partial charge < -0.3 is 10.2 Å². The number of nitrogens with zero attached hydrogens (tertiary/aromatic N) is 1. The highest BCUT2D eigenvalue weighted by Gasteiger charge is 2.29. The van der Waals surface area contributed by atoms with Crippen LogP contribution in [0.5, 0.6) is 0 Å². The fourth-order valence-corrected chi connectivity index (χ4v) is 3.68. The lowest BCUT2D eigenvalue weighted by molar-refractivity contribution is 0.163. The summed E-state index contributed by atoms with van der Waals surface area (Å²) in [4.78, 5) is 2.31. The molecule has 0 bridgehead atoms. The van der Waals surface area contributed by atoms with Gasteiger partial charge in [0.1, 0.15) is 0 Å². The zero-order valence-corrected chi connectivity index (χ0v) is 13.7. The van der Waals surface area contributed by atoms with Crippen LogP contribution in [0.25, 0.3) is 0 Å². The minimum Gasteiger partial charge on any atom is -0.316 e. The van der Waals surface area contributed by atoms with Crippen molar-refractivity contribution in [3.8, 4) is 0 Å². The van der Waals surface area contributed by atoms with Crippen molar-refractivity contribution in [2.24, 2.45) is 11.3 Å². The van der Waals surface area contributed by atoms with E-state index in [1.165, 1.54) is 0 Å². The SMILES string of the molecule is CCC(C)(CNCC(C)C)CN1CCS(=O)(=O)CC1. The van der Waals surface area contributed by atoms with E-state index in [4.69, 9.17) is 0 Å². The Bertz CT molecular complexity index is 354. The minimum absolute atomic E-state index is 0.232. The largest absolute Gasteiger partial charge is 0.316 e. The zero-order chi connectivity index (χ0) is 14.5.